The van der Waals surface area contributed by atoms with Crippen LogP contribution in [0.2, 0.25) is 0 Å². The molecule has 0 aliphatic heterocycles. The molecular weight excluding hydrogens is 562 g/mol. The second-order valence-corrected chi connectivity index (χ2v) is 6.91. The molecule has 0 aliphatic rings. The van der Waals surface area contributed by atoms with Gasteiger partial charge in [-0.2, -0.15) is 18.6 Å². The summed E-state index contributed by atoms with van der Waals surface area (Å²) in [6.07, 6.45) is 2.49. The first-order valence-electron chi connectivity index (χ1n) is 7.88. The number of rotatable bonds is 6. The van der Waals surface area contributed by atoms with E-state index in [1.54, 1.807) is 31.2 Å². The van der Waals surface area contributed by atoms with E-state index in [0.29, 0.717) is 28.9 Å². The number of aryl methyl sites for hydroxylation is 1. The molecule has 2 N–H and O–H groups in total. The third-order valence-electron chi connectivity index (χ3n) is 3.46. The van der Waals surface area contributed by atoms with Gasteiger partial charge >= 0.3 is 0 Å². The van der Waals surface area contributed by atoms with Crippen molar-refractivity contribution >= 4 is 33.1 Å². The van der Waals surface area contributed by atoms with Gasteiger partial charge in [-0.3, -0.25) is 4.55 Å². The van der Waals surface area contributed by atoms with Gasteiger partial charge < -0.3 is 25.0 Å². The third kappa shape index (κ3) is 7.47. The van der Waals surface area contributed by atoms with Crippen LogP contribution in [0.25, 0.3) is 0 Å². The quantitative estimate of drug-likeness (QED) is 0.258. The number of benzene rings is 2. The summed E-state index contributed by atoms with van der Waals surface area (Å²) in [5.74, 6) is 1.32. The van der Waals surface area contributed by atoms with Crippen LogP contribution in [-0.2, 0) is 75.5 Å². The van der Waals surface area contributed by atoms with Crippen molar-refractivity contribution in [3.63, 3.8) is 0 Å². The maximum Gasteiger partial charge on any atom is 0.294 e. The third-order valence-corrected chi connectivity index (χ3v) is 4.31. The molecule has 0 spiro atoms. The maximum absolute atomic E-state index is 11.2. The maximum atomic E-state index is 11.2. The summed E-state index contributed by atoms with van der Waals surface area (Å²) >= 11 is 0. The minimum absolute atomic E-state index is 0. The molecule has 10 nitrogen and oxygen atoms in total. The predicted molar refractivity (Wildman–Crippen MR) is 100 cm³/mol. The first kappa shape index (κ1) is 26.8. The molecule has 13 heteroatoms. The van der Waals surface area contributed by atoms with Gasteiger partial charge in [0, 0.05) is 83.6 Å². The van der Waals surface area contributed by atoms with Crippen LogP contribution in [0.4, 0.5) is 23.0 Å². The predicted octanol–water partition coefficient (Wildman–Crippen LogP) is 3.39. The van der Waals surface area contributed by atoms with Gasteiger partial charge in [0.25, 0.3) is 10.1 Å². The average Bonchev–Trinajstić information content (AvgIpc) is 2.67. The van der Waals surface area contributed by atoms with Crippen LogP contribution in [0.3, 0.4) is 0 Å². The fourth-order valence-corrected chi connectivity index (χ4v) is 2.71. The fraction of sp³-hybridized carbons (Fsp3) is 0.118. The van der Waals surface area contributed by atoms with Crippen LogP contribution < -0.4 is 10.1 Å². The van der Waals surface area contributed by atoms with Gasteiger partial charge in [0.05, 0.1) is 29.1 Å². The van der Waals surface area contributed by atoms with Crippen molar-refractivity contribution in [2.24, 2.45) is 10.2 Å². The van der Waals surface area contributed by atoms with Crippen molar-refractivity contribution < 1.29 is 83.1 Å². The SMILES string of the molecule is COc1cc(N=Nc2cccc(S(=O)(=O)O)c2)ccc1Nc1n[c-]nc(C)n1.[Y].[Y]. The van der Waals surface area contributed by atoms with E-state index in [-0.39, 0.29) is 76.0 Å². The van der Waals surface area contributed by atoms with Gasteiger partial charge in [-0.1, -0.05) is 13.0 Å². The molecule has 0 saturated heterocycles. The zero-order valence-corrected chi connectivity index (χ0v) is 22.5. The summed E-state index contributed by atoms with van der Waals surface area (Å²) in [6, 6.07) is 10.5. The average molecular weight is 577 g/mol. The number of aromatic nitrogens is 3. The Morgan fingerprint density at radius 1 is 1.07 bits per heavy atom. The van der Waals surface area contributed by atoms with Crippen LogP contribution in [0.5, 0.6) is 5.75 Å². The molecule has 0 amide bonds. The number of hydrogen-bond donors (Lipinski definition) is 2. The van der Waals surface area contributed by atoms with Gasteiger partial charge in [-0.15, -0.1) is 0 Å². The Kier molecular flexibility index (Phi) is 10.7. The molecule has 0 fully saturated rings. The first-order valence-corrected chi connectivity index (χ1v) is 9.32. The summed E-state index contributed by atoms with van der Waals surface area (Å²) in [5, 5.41) is 11.1. The van der Waals surface area contributed by atoms with E-state index in [4.69, 9.17) is 9.29 Å². The van der Waals surface area contributed by atoms with Crippen molar-refractivity contribution in [3.8, 4) is 5.75 Å². The van der Waals surface area contributed by atoms with Gasteiger partial charge in [0.15, 0.2) is 0 Å². The smallest absolute Gasteiger partial charge is 0.294 e. The van der Waals surface area contributed by atoms with Gasteiger partial charge in [-0.05, 0) is 30.3 Å². The summed E-state index contributed by atoms with van der Waals surface area (Å²) in [6.45, 7) is 1.72. The Morgan fingerprint density at radius 3 is 2.40 bits per heavy atom. The van der Waals surface area contributed by atoms with Gasteiger partial charge in [0.1, 0.15) is 11.7 Å². The summed E-state index contributed by atoms with van der Waals surface area (Å²) in [4.78, 5) is 11.6. The molecule has 1 heterocycles. The van der Waals surface area contributed by atoms with E-state index >= 15 is 0 Å². The minimum atomic E-state index is -4.31. The molecule has 3 aromatic rings. The molecule has 0 atom stereocenters. The monoisotopic (exact) mass is 577 g/mol. The molecule has 0 saturated carbocycles. The van der Waals surface area contributed by atoms with E-state index in [2.05, 4.69) is 36.8 Å². The molecule has 2 aromatic carbocycles. The number of hydrogen-bond acceptors (Lipinski definition) is 9. The number of nitrogens with one attached hydrogen (secondary N) is 1. The van der Waals surface area contributed by atoms with Crippen LogP contribution >= 0.6 is 0 Å². The molecule has 3 rings (SSSR count). The number of azo groups is 1. The fourth-order valence-electron chi connectivity index (χ4n) is 2.19. The topological polar surface area (TPSA) is 139 Å². The summed E-state index contributed by atoms with van der Waals surface area (Å²) in [5.41, 5.74) is 1.35. The molecular formula is C17H15N6O4SY2-. The van der Waals surface area contributed by atoms with Gasteiger partial charge in [0.2, 0.25) is 0 Å². The molecule has 30 heavy (non-hydrogen) atoms. The number of nitrogens with zero attached hydrogens (tertiary/aromatic N) is 5. The first-order chi connectivity index (χ1) is 13.3. The summed E-state index contributed by atoms with van der Waals surface area (Å²) < 4.78 is 36.8. The van der Waals surface area contributed by atoms with Crippen LogP contribution in [0.15, 0.2) is 57.6 Å². The molecule has 150 valence electrons. The van der Waals surface area contributed by atoms with Gasteiger partial charge in [-0.25, -0.2) is 0 Å². The van der Waals surface area contributed by atoms with Crippen molar-refractivity contribution in [2.75, 3.05) is 12.4 Å². The van der Waals surface area contributed by atoms with E-state index in [1.165, 1.54) is 25.3 Å². The number of anilines is 2. The number of methoxy groups -OCH3 is 1. The van der Waals surface area contributed by atoms with Crippen molar-refractivity contribution in [1.29, 1.82) is 0 Å². The van der Waals surface area contributed by atoms with Crippen molar-refractivity contribution in [2.45, 2.75) is 11.8 Å². The molecule has 1 aromatic heterocycles. The second kappa shape index (κ2) is 12.0. The Morgan fingerprint density at radius 2 is 1.77 bits per heavy atom. The Hall–Kier alpha value is -1.23. The van der Waals surface area contributed by atoms with Crippen LogP contribution in [-0.4, -0.2) is 35.0 Å². The molecule has 2 radical (unpaired) electrons. The standard InChI is InChI=1S/C17H15N6O4S.2Y/c1-11-18-10-19-17(20-11)21-15-7-6-13(9-16(15)27-2)23-22-12-4-3-5-14(8-12)28(24,25)26;;/h3-9H,1-2H3,(H,24,25,26)(H,18,19,20,21);;/q-1;;. The molecule has 0 aliphatic carbocycles. The van der Waals surface area contributed by atoms with Crippen LogP contribution in [0.1, 0.15) is 5.82 Å². The van der Waals surface area contributed by atoms with E-state index in [0.717, 1.165) is 0 Å². The Balaban J connectivity index is 0.00000225. The normalized spacial score (nSPS) is 10.8. The Bertz CT molecular complexity index is 1140. The van der Waals surface area contributed by atoms with Crippen molar-refractivity contribution in [3.05, 3.63) is 54.6 Å². The second-order valence-electron chi connectivity index (χ2n) is 5.49. The largest absolute Gasteiger partial charge is 0.495 e. The molecule has 0 unspecified atom stereocenters. The minimum Gasteiger partial charge on any atom is -0.495 e. The Labute approximate surface area is 223 Å². The van der Waals surface area contributed by atoms with Crippen molar-refractivity contribution in [1.82, 2.24) is 15.0 Å². The van der Waals surface area contributed by atoms with E-state index in [9.17, 15) is 8.42 Å². The number of ether oxygens (including phenoxy) is 1. The van der Waals surface area contributed by atoms with Crippen LogP contribution in [0, 0.1) is 13.3 Å². The zero-order valence-electron chi connectivity index (χ0n) is 16.0. The van der Waals surface area contributed by atoms with E-state index < -0.39 is 10.1 Å². The van der Waals surface area contributed by atoms with E-state index in [1.807, 2.05) is 0 Å². The summed E-state index contributed by atoms with van der Waals surface area (Å²) in [7, 11) is -2.80. The zero-order chi connectivity index (χ0) is 20.1. The molecule has 0 bridgehead atoms.